The number of aryl methyl sites for hydroxylation is 2. The van der Waals surface area contributed by atoms with Crippen molar-refractivity contribution in [3.05, 3.63) is 75.0 Å². The van der Waals surface area contributed by atoms with Crippen molar-refractivity contribution in [1.82, 2.24) is 0 Å². The van der Waals surface area contributed by atoms with Crippen LogP contribution in [0.5, 0.6) is 0 Å². The smallest absolute Gasteiger partial charge is 0.267 e. The molecule has 1 aliphatic heterocycles. The van der Waals surface area contributed by atoms with E-state index in [0.717, 1.165) is 29.9 Å². The van der Waals surface area contributed by atoms with Crippen LogP contribution in [0.15, 0.2) is 47.8 Å². The third-order valence-corrected chi connectivity index (χ3v) is 8.09. The molecule has 1 saturated heterocycles. The molecule has 8 heteroatoms. The van der Waals surface area contributed by atoms with Crippen molar-refractivity contribution in [3.63, 3.8) is 0 Å². The van der Waals surface area contributed by atoms with Gasteiger partial charge in [-0.25, -0.2) is 8.42 Å². The normalized spacial score (nSPS) is 13.8. The van der Waals surface area contributed by atoms with Gasteiger partial charge in [-0.05, 0) is 67.3 Å². The molecule has 33 heavy (non-hydrogen) atoms. The summed E-state index contributed by atoms with van der Waals surface area (Å²) in [5.41, 5.74) is 6.20. The lowest BCUT2D eigenvalue weighted by atomic mass is 10.0. The van der Waals surface area contributed by atoms with Crippen molar-refractivity contribution in [2.75, 3.05) is 28.0 Å². The van der Waals surface area contributed by atoms with E-state index in [9.17, 15) is 13.2 Å². The first-order valence-electron chi connectivity index (χ1n) is 11.0. The van der Waals surface area contributed by atoms with E-state index in [1.54, 1.807) is 35.7 Å². The maximum absolute atomic E-state index is 13.2. The summed E-state index contributed by atoms with van der Waals surface area (Å²) in [5, 5.41) is 4.78. The monoisotopic (exact) mass is 483 g/mol. The minimum Gasteiger partial charge on any atom is -0.371 e. The number of nitrogens with one attached hydrogen (secondary N) is 2. The zero-order valence-corrected chi connectivity index (χ0v) is 20.8. The molecule has 4 rings (SSSR count). The molecule has 174 valence electrons. The highest BCUT2D eigenvalue weighted by Gasteiger charge is 2.23. The van der Waals surface area contributed by atoms with Crippen LogP contribution in [0.4, 0.5) is 17.1 Å². The van der Waals surface area contributed by atoms with E-state index in [-0.39, 0.29) is 11.7 Å². The van der Waals surface area contributed by atoms with E-state index in [0.29, 0.717) is 16.1 Å². The molecule has 0 unspecified atom stereocenters. The maximum Gasteiger partial charge on any atom is 0.267 e. The second-order valence-electron chi connectivity index (χ2n) is 8.52. The molecule has 0 spiro atoms. The topological polar surface area (TPSA) is 78.5 Å². The van der Waals surface area contributed by atoms with Crippen LogP contribution in [0.1, 0.15) is 44.8 Å². The molecule has 1 fully saturated rings. The second-order valence-corrected chi connectivity index (χ2v) is 11.2. The minimum atomic E-state index is -3.66. The lowest BCUT2D eigenvalue weighted by Crippen LogP contribution is -2.22. The number of anilines is 3. The van der Waals surface area contributed by atoms with Crippen LogP contribution in [-0.4, -0.2) is 27.4 Å². The Labute approximate surface area is 199 Å². The van der Waals surface area contributed by atoms with Crippen molar-refractivity contribution >= 4 is 44.3 Å². The molecule has 1 aromatic heterocycles. The average Bonchev–Trinajstić information content (AvgIpc) is 3.43. The molecule has 0 atom stereocenters. The Kier molecular flexibility index (Phi) is 6.76. The first-order chi connectivity index (χ1) is 15.7. The number of hydrogen-bond donors (Lipinski definition) is 2. The van der Waals surface area contributed by atoms with Gasteiger partial charge in [0.1, 0.15) is 4.88 Å². The number of nitrogens with zero attached hydrogens (tertiary/aromatic N) is 1. The first kappa shape index (κ1) is 23.3. The van der Waals surface area contributed by atoms with Gasteiger partial charge in [0.25, 0.3) is 5.91 Å². The van der Waals surface area contributed by atoms with E-state index in [2.05, 4.69) is 27.9 Å². The van der Waals surface area contributed by atoms with Crippen LogP contribution >= 0.6 is 11.3 Å². The summed E-state index contributed by atoms with van der Waals surface area (Å²) in [7, 11) is -3.66. The fourth-order valence-corrected chi connectivity index (χ4v) is 6.55. The van der Waals surface area contributed by atoms with Crippen molar-refractivity contribution in [2.45, 2.75) is 39.4 Å². The summed E-state index contributed by atoms with van der Waals surface area (Å²) in [6, 6.07) is 12.7. The number of carbonyl (C=O) groups is 1. The number of amides is 1. The lowest BCUT2D eigenvalue weighted by molar-refractivity contribution is 0.103. The van der Waals surface area contributed by atoms with Crippen LogP contribution in [0.3, 0.4) is 0 Å². The molecule has 1 aliphatic rings. The van der Waals surface area contributed by atoms with Gasteiger partial charge < -0.3 is 10.2 Å². The molecule has 0 radical (unpaired) electrons. The summed E-state index contributed by atoms with van der Waals surface area (Å²) in [6.07, 6.45) is 2.35. The van der Waals surface area contributed by atoms with Gasteiger partial charge in [-0.3, -0.25) is 9.52 Å². The van der Waals surface area contributed by atoms with Gasteiger partial charge in [0, 0.05) is 24.5 Å². The highest BCUT2D eigenvalue weighted by Crippen LogP contribution is 2.36. The van der Waals surface area contributed by atoms with E-state index >= 15 is 0 Å². The summed E-state index contributed by atoms with van der Waals surface area (Å²) in [6.45, 7) is 8.19. The Morgan fingerprint density at radius 1 is 1.03 bits per heavy atom. The third kappa shape index (κ3) is 5.23. The summed E-state index contributed by atoms with van der Waals surface area (Å²) in [5.74, 6) is -0.468. The third-order valence-electron chi connectivity index (χ3n) is 5.93. The van der Waals surface area contributed by atoms with Crippen LogP contribution in [-0.2, 0) is 15.8 Å². The van der Waals surface area contributed by atoms with Crippen LogP contribution in [0, 0.1) is 20.8 Å². The van der Waals surface area contributed by atoms with Gasteiger partial charge >= 0.3 is 0 Å². The summed E-state index contributed by atoms with van der Waals surface area (Å²) in [4.78, 5) is 15.9. The molecular weight excluding hydrogens is 454 g/mol. The van der Waals surface area contributed by atoms with Crippen LogP contribution in [0.2, 0.25) is 0 Å². The lowest BCUT2D eigenvalue weighted by Gasteiger charge is -2.26. The Morgan fingerprint density at radius 3 is 2.42 bits per heavy atom. The van der Waals surface area contributed by atoms with Gasteiger partial charge in [0.2, 0.25) is 10.0 Å². The largest absolute Gasteiger partial charge is 0.371 e. The SMILES string of the molecule is Cc1cc(C)c(N2CCCC2)c(C)c1NC(=O)c1sccc1NS(=O)(=O)Cc1ccccc1. The number of sulfonamides is 1. The quantitative estimate of drug-likeness (QED) is 0.467. The van der Waals surface area contributed by atoms with Crippen molar-refractivity contribution in [3.8, 4) is 0 Å². The zero-order chi connectivity index (χ0) is 23.6. The van der Waals surface area contributed by atoms with Crippen LogP contribution in [0.25, 0.3) is 0 Å². The van der Waals surface area contributed by atoms with Gasteiger partial charge in [-0.1, -0.05) is 36.4 Å². The molecule has 6 nitrogen and oxygen atoms in total. The zero-order valence-electron chi connectivity index (χ0n) is 19.1. The highest BCUT2D eigenvalue weighted by molar-refractivity contribution is 7.91. The second kappa shape index (κ2) is 9.57. The number of rotatable bonds is 7. The Morgan fingerprint density at radius 2 is 1.73 bits per heavy atom. The fourth-order valence-electron chi connectivity index (χ4n) is 4.53. The predicted octanol–water partition coefficient (Wildman–Crippen LogP) is 5.47. The van der Waals surface area contributed by atoms with Crippen molar-refractivity contribution in [1.29, 1.82) is 0 Å². The number of carbonyl (C=O) groups excluding carboxylic acids is 1. The highest BCUT2D eigenvalue weighted by atomic mass is 32.2. The molecular formula is C25H29N3O3S2. The number of hydrogen-bond acceptors (Lipinski definition) is 5. The van der Waals surface area contributed by atoms with Crippen molar-refractivity contribution in [2.24, 2.45) is 0 Å². The molecule has 0 bridgehead atoms. The summed E-state index contributed by atoms with van der Waals surface area (Å²) < 4.78 is 28.0. The minimum absolute atomic E-state index is 0.153. The van der Waals surface area contributed by atoms with E-state index < -0.39 is 10.0 Å². The van der Waals surface area contributed by atoms with Gasteiger partial charge in [0.05, 0.1) is 11.4 Å². The maximum atomic E-state index is 13.2. The molecule has 3 aromatic rings. The molecule has 0 aliphatic carbocycles. The van der Waals surface area contributed by atoms with E-state index in [1.807, 2.05) is 19.9 Å². The predicted molar refractivity (Wildman–Crippen MR) is 137 cm³/mol. The fraction of sp³-hybridized carbons (Fsp3) is 0.320. The molecule has 1 amide bonds. The Hall–Kier alpha value is -2.84. The number of benzene rings is 2. The van der Waals surface area contributed by atoms with Gasteiger partial charge in [-0.15, -0.1) is 11.3 Å². The summed E-state index contributed by atoms with van der Waals surface area (Å²) >= 11 is 1.22. The van der Waals surface area contributed by atoms with Gasteiger partial charge in [-0.2, -0.15) is 0 Å². The molecule has 2 heterocycles. The van der Waals surface area contributed by atoms with E-state index in [4.69, 9.17) is 0 Å². The van der Waals surface area contributed by atoms with Crippen LogP contribution < -0.4 is 14.9 Å². The average molecular weight is 484 g/mol. The molecule has 2 aromatic carbocycles. The first-order valence-corrected chi connectivity index (χ1v) is 13.6. The standard InChI is InChI=1S/C25H29N3O3S2/c1-17-15-18(2)23(28-12-7-8-13-28)19(3)22(17)26-25(29)24-21(11-14-32-24)27-33(30,31)16-20-9-5-4-6-10-20/h4-6,9-11,14-15,27H,7-8,12-13,16H2,1-3H3,(H,26,29). The Balaban J connectivity index is 1.56. The van der Waals surface area contributed by atoms with Crippen molar-refractivity contribution < 1.29 is 13.2 Å². The Bertz CT molecular complexity index is 1260. The molecule has 0 saturated carbocycles. The van der Waals surface area contributed by atoms with Gasteiger partial charge in [0.15, 0.2) is 0 Å². The van der Waals surface area contributed by atoms with E-state index in [1.165, 1.54) is 35.4 Å². The molecule has 2 N–H and O–H groups in total. The number of thiophene rings is 1.